The van der Waals surface area contributed by atoms with E-state index in [0.29, 0.717) is 22.5 Å². The molecule has 1 aromatic carbocycles. The zero-order valence-electron chi connectivity index (χ0n) is 9.91. The van der Waals surface area contributed by atoms with E-state index in [-0.39, 0.29) is 5.88 Å². The van der Waals surface area contributed by atoms with Gasteiger partial charge in [-0.25, -0.2) is 4.79 Å². The van der Waals surface area contributed by atoms with E-state index in [1.165, 1.54) is 6.07 Å². The molecule has 0 aliphatic heterocycles. The summed E-state index contributed by atoms with van der Waals surface area (Å²) in [6, 6.07) is 8.66. The SMILES string of the molecule is Cc1cc(OC(=O)Nc2noc3ccccc23)no1. The van der Waals surface area contributed by atoms with Gasteiger partial charge in [0.15, 0.2) is 11.4 Å². The fraction of sp³-hybridized carbons (Fsp3) is 0.0833. The van der Waals surface area contributed by atoms with Crippen molar-refractivity contribution in [1.29, 1.82) is 0 Å². The van der Waals surface area contributed by atoms with E-state index in [4.69, 9.17) is 13.8 Å². The van der Waals surface area contributed by atoms with Crippen molar-refractivity contribution >= 4 is 22.9 Å². The number of anilines is 1. The van der Waals surface area contributed by atoms with E-state index >= 15 is 0 Å². The zero-order valence-corrected chi connectivity index (χ0v) is 9.91. The smallest absolute Gasteiger partial charge is 0.388 e. The number of aryl methyl sites for hydroxylation is 1. The Bertz CT molecular complexity index is 731. The number of amides is 1. The summed E-state index contributed by atoms with van der Waals surface area (Å²) in [4.78, 5) is 11.6. The first-order valence-electron chi connectivity index (χ1n) is 5.49. The second-order valence-corrected chi connectivity index (χ2v) is 3.82. The molecular formula is C12H9N3O4. The minimum absolute atomic E-state index is 0.0859. The number of aromatic nitrogens is 2. The number of nitrogens with one attached hydrogen (secondary N) is 1. The number of carbonyl (C=O) groups excluding carboxylic acids is 1. The van der Waals surface area contributed by atoms with E-state index in [2.05, 4.69) is 15.6 Å². The predicted octanol–water partition coefficient (Wildman–Crippen LogP) is 2.74. The minimum atomic E-state index is -0.715. The average Bonchev–Trinajstić information content (AvgIpc) is 2.97. The number of fused-ring (bicyclic) bond motifs is 1. The second kappa shape index (κ2) is 4.45. The molecule has 7 nitrogen and oxygen atoms in total. The van der Waals surface area contributed by atoms with E-state index in [1.807, 2.05) is 12.1 Å². The quantitative estimate of drug-likeness (QED) is 0.760. The highest BCUT2D eigenvalue weighted by molar-refractivity contribution is 5.96. The van der Waals surface area contributed by atoms with Crippen LogP contribution in [0.2, 0.25) is 0 Å². The molecule has 0 bridgehead atoms. The fourth-order valence-corrected chi connectivity index (χ4v) is 1.58. The lowest BCUT2D eigenvalue weighted by atomic mass is 10.2. The Morgan fingerprint density at radius 1 is 1.26 bits per heavy atom. The van der Waals surface area contributed by atoms with Gasteiger partial charge >= 0.3 is 6.09 Å². The molecule has 0 spiro atoms. The number of nitrogens with zero attached hydrogens (tertiary/aromatic N) is 2. The Morgan fingerprint density at radius 2 is 2.11 bits per heavy atom. The van der Waals surface area contributed by atoms with Crippen LogP contribution in [0.25, 0.3) is 11.0 Å². The van der Waals surface area contributed by atoms with E-state index in [9.17, 15) is 4.79 Å². The van der Waals surface area contributed by atoms with Crippen LogP contribution in [0.15, 0.2) is 39.4 Å². The van der Waals surface area contributed by atoms with Crippen LogP contribution in [0.1, 0.15) is 5.76 Å². The molecule has 0 saturated carbocycles. The first-order valence-corrected chi connectivity index (χ1v) is 5.49. The molecule has 1 N–H and O–H groups in total. The van der Waals surface area contributed by atoms with Crippen LogP contribution < -0.4 is 10.1 Å². The molecular weight excluding hydrogens is 250 g/mol. The van der Waals surface area contributed by atoms with Crippen LogP contribution >= 0.6 is 0 Å². The normalized spacial score (nSPS) is 10.6. The summed E-state index contributed by atoms with van der Waals surface area (Å²) in [5.41, 5.74) is 0.579. The van der Waals surface area contributed by atoms with Crippen molar-refractivity contribution in [3.8, 4) is 5.88 Å². The molecule has 0 fully saturated rings. The molecule has 7 heteroatoms. The third-order valence-corrected chi connectivity index (χ3v) is 2.40. The summed E-state index contributed by atoms with van der Waals surface area (Å²) in [6.07, 6.45) is -0.715. The third-order valence-electron chi connectivity index (χ3n) is 2.40. The monoisotopic (exact) mass is 259 g/mol. The topological polar surface area (TPSA) is 90.4 Å². The fourth-order valence-electron chi connectivity index (χ4n) is 1.58. The van der Waals surface area contributed by atoms with Crippen LogP contribution in [-0.2, 0) is 0 Å². The van der Waals surface area contributed by atoms with Crippen molar-refractivity contribution in [2.75, 3.05) is 5.32 Å². The Balaban J connectivity index is 1.76. The maximum Gasteiger partial charge on any atom is 0.419 e. The summed E-state index contributed by atoms with van der Waals surface area (Å²) in [7, 11) is 0. The van der Waals surface area contributed by atoms with Crippen molar-refractivity contribution < 1.29 is 18.6 Å². The van der Waals surface area contributed by atoms with Gasteiger partial charge < -0.3 is 13.8 Å². The average molecular weight is 259 g/mol. The van der Waals surface area contributed by atoms with Gasteiger partial charge in [0.25, 0.3) is 5.88 Å². The molecule has 19 heavy (non-hydrogen) atoms. The molecule has 0 atom stereocenters. The lowest BCUT2D eigenvalue weighted by molar-refractivity contribution is 0.210. The van der Waals surface area contributed by atoms with Gasteiger partial charge in [0.1, 0.15) is 5.76 Å². The van der Waals surface area contributed by atoms with E-state index < -0.39 is 6.09 Å². The van der Waals surface area contributed by atoms with Gasteiger partial charge in [0, 0.05) is 6.07 Å². The van der Waals surface area contributed by atoms with Gasteiger partial charge in [-0.3, -0.25) is 5.32 Å². The Hall–Kier alpha value is -2.83. The molecule has 2 heterocycles. The van der Waals surface area contributed by atoms with Crippen molar-refractivity contribution in [1.82, 2.24) is 10.3 Å². The lowest BCUT2D eigenvalue weighted by Crippen LogP contribution is -2.17. The Kier molecular flexibility index (Phi) is 2.64. The molecule has 0 unspecified atom stereocenters. The summed E-state index contributed by atoms with van der Waals surface area (Å²) < 4.78 is 14.8. The highest BCUT2D eigenvalue weighted by atomic mass is 16.6. The highest BCUT2D eigenvalue weighted by Crippen LogP contribution is 2.22. The first-order chi connectivity index (χ1) is 9.22. The molecule has 1 amide bonds. The number of para-hydroxylation sites is 1. The van der Waals surface area contributed by atoms with Gasteiger partial charge in [-0.15, -0.1) is 0 Å². The van der Waals surface area contributed by atoms with Crippen LogP contribution in [-0.4, -0.2) is 16.4 Å². The number of hydrogen-bond donors (Lipinski definition) is 1. The standard InChI is InChI=1S/C12H9N3O4/c1-7-6-10(14-18-7)17-12(16)13-11-8-4-2-3-5-9(8)19-15-11/h2-6H,1H3,(H,13,15,16). The van der Waals surface area contributed by atoms with Gasteiger partial charge in [-0.1, -0.05) is 17.3 Å². The molecule has 3 aromatic rings. The van der Waals surface area contributed by atoms with Crippen LogP contribution in [0.5, 0.6) is 5.88 Å². The molecule has 0 radical (unpaired) electrons. The minimum Gasteiger partial charge on any atom is -0.388 e. The zero-order chi connectivity index (χ0) is 13.2. The van der Waals surface area contributed by atoms with Crippen molar-refractivity contribution in [2.45, 2.75) is 6.92 Å². The first kappa shape index (κ1) is 11.3. The highest BCUT2D eigenvalue weighted by Gasteiger charge is 2.13. The molecule has 0 aliphatic carbocycles. The summed E-state index contributed by atoms with van der Waals surface area (Å²) in [6.45, 7) is 1.70. The van der Waals surface area contributed by atoms with Crippen molar-refractivity contribution in [3.63, 3.8) is 0 Å². The molecule has 3 rings (SSSR count). The van der Waals surface area contributed by atoms with Gasteiger partial charge in [-0.05, 0) is 24.2 Å². The largest absolute Gasteiger partial charge is 0.419 e. The number of ether oxygens (including phenoxy) is 1. The molecule has 0 aliphatic rings. The van der Waals surface area contributed by atoms with Crippen LogP contribution in [0.3, 0.4) is 0 Å². The second-order valence-electron chi connectivity index (χ2n) is 3.82. The Labute approximate surface area is 107 Å². The predicted molar refractivity (Wildman–Crippen MR) is 64.9 cm³/mol. The van der Waals surface area contributed by atoms with Crippen molar-refractivity contribution in [3.05, 3.63) is 36.1 Å². The number of rotatable bonds is 2. The van der Waals surface area contributed by atoms with Crippen LogP contribution in [0, 0.1) is 6.92 Å². The Morgan fingerprint density at radius 3 is 2.89 bits per heavy atom. The maximum absolute atomic E-state index is 11.6. The summed E-state index contributed by atoms with van der Waals surface area (Å²) >= 11 is 0. The summed E-state index contributed by atoms with van der Waals surface area (Å²) in [5, 5.41) is 10.5. The third kappa shape index (κ3) is 2.25. The van der Waals surface area contributed by atoms with Gasteiger partial charge in [0.05, 0.1) is 5.39 Å². The van der Waals surface area contributed by atoms with Gasteiger partial charge in [-0.2, -0.15) is 0 Å². The summed E-state index contributed by atoms with van der Waals surface area (Å²) in [5.74, 6) is 0.929. The molecule has 2 aromatic heterocycles. The van der Waals surface area contributed by atoms with E-state index in [0.717, 1.165) is 0 Å². The molecule has 96 valence electrons. The number of carbonyl (C=O) groups is 1. The van der Waals surface area contributed by atoms with Crippen LogP contribution in [0.4, 0.5) is 10.6 Å². The number of hydrogen-bond acceptors (Lipinski definition) is 6. The van der Waals surface area contributed by atoms with Crippen molar-refractivity contribution in [2.24, 2.45) is 0 Å². The lowest BCUT2D eigenvalue weighted by Gasteiger charge is -1.99. The van der Waals surface area contributed by atoms with E-state index in [1.54, 1.807) is 19.1 Å². The maximum atomic E-state index is 11.6. The van der Waals surface area contributed by atoms with Gasteiger partial charge in [0.2, 0.25) is 0 Å². The molecule has 0 saturated heterocycles. The number of benzene rings is 1.